The second kappa shape index (κ2) is 7.56. The fourth-order valence-corrected chi connectivity index (χ4v) is 4.15. The number of carbonyl (C=O) groups is 1. The Bertz CT molecular complexity index is 1280. The van der Waals surface area contributed by atoms with Gasteiger partial charge in [0, 0.05) is 43.1 Å². The molecular formula is C21H18N4O3S. The minimum absolute atomic E-state index is 0.0319. The molecule has 0 radical (unpaired) electrons. The van der Waals surface area contributed by atoms with Crippen molar-refractivity contribution in [3.05, 3.63) is 84.2 Å². The van der Waals surface area contributed by atoms with Gasteiger partial charge in [-0.15, -0.1) is 0 Å². The number of hydrogen-bond donors (Lipinski definition) is 0. The monoisotopic (exact) mass is 406 g/mol. The van der Waals surface area contributed by atoms with E-state index < -0.39 is 9.84 Å². The maximum Gasteiger partial charge on any atom is 0.233 e. The topological polar surface area (TPSA) is 94.3 Å². The lowest BCUT2D eigenvalue weighted by Gasteiger charge is -2.06. The van der Waals surface area contributed by atoms with E-state index in [4.69, 9.17) is 0 Å². The number of sulfone groups is 1. The van der Waals surface area contributed by atoms with Crippen LogP contribution in [0.3, 0.4) is 0 Å². The summed E-state index contributed by atoms with van der Waals surface area (Å²) in [7, 11) is -3.61. The van der Waals surface area contributed by atoms with E-state index in [1.54, 1.807) is 66.3 Å². The highest BCUT2D eigenvalue weighted by molar-refractivity contribution is 7.91. The smallest absolute Gasteiger partial charge is 0.233 e. The Kier molecular flexibility index (Phi) is 4.94. The van der Waals surface area contributed by atoms with Crippen molar-refractivity contribution in [3.63, 3.8) is 0 Å². The number of Topliss-reactive ketones (excluding diaryl/α,β-unsaturated/α-hetero) is 1. The first-order chi connectivity index (χ1) is 13.9. The second-order valence-corrected chi connectivity index (χ2v) is 8.63. The van der Waals surface area contributed by atoms with Gasteiger partial charge in [0.2, 0.25) is 15.6 Å². The molecule has 0 N–H and O–H groups in total. The number of aromatic nitrogens is 4. The highest BCUT2D eigenvalue weighted by atomic mass is 32.2. The Hall–Kier alpha value is -3.39. The number of aryl methyl sites for hydroxylation is 2. The van der Waals surface area contributed by atoms with E-state index in [1.165, 1.54) is 12.4 Å². The van der Waals surface area contributed by atoms with Crippen molar-refractivity contribution in [2.75, 3.05) is 0 Å². The third kappa shape index (κ3) is 3.93. The summed E-state index contributed by atoms with van der Waals surface area (Å²) in [6, 6.07) is 9.82. The minimum atomic E-state index is -3.61. The van der Waals surface area contributed by atoms with Crippen LogP contribution in [0.15, 0.2) is 77.2 Å². The average Bonchev–Trinajstić information content (AvgIpc) is 3.20. The van der Waals surface area contributed by atoms with Crippen molar-refractivity contribution in [2.45, 2.75) is 29.6 Å². The third-order valence-electron chi connectivity index (χ3n) is 4.64. The molecular weight excluding hydrogens is 388 g/mol. The molecule has 8 heteroatoms. The van der Waals surface area contributed by atoms with Gasteiger partial charge in [0.1, 0.15) is 0 Å². The molecule has 0 saturated heterocycles. The van der Waals surface area contributed by atoms with Crippen LogP contribution in [0.1, 0.15) is 28.0 Å². The summed E-state index contributed by atoms with van der Waals surface area (Å²) in [6.07, 6.45) is 8.77. The maximum atomic E-state index is 12.7. The summed E-state index contributed by atoms with van der Waals surface area (Å²) >= 11 is 0. The quantitative estimate of drug-likeness (QED) is 0.457. The van der Waals surface area contributed by atoms with Crippen molar-refractivity contribution < 1.29 is 13.2 Å². The number of benzene rings is 1. The summed E-state index contributed by atoms with van der Waals surface area (Å²) in [5.74, 6) is 0.512. The van der Waals surface area contributed by atoms with E-state index in [-0.39, 0.29) is 15.6 Å². The van der Waals surface area contributed by atoms with Gasteiger partial charge < -0.3 is 0 Å². The number of carbonyl (C=O) groups excluding carboxylic acids is 1. The Labute approximate surface area is 168 Å². The molecule has 0 atom stereocenters. The van der Waals surface area contributed by atoms with E-state index in [1.807, 2.05) is 0 Å². The highest BCUT2D eigenvalue weighted by Crippen LogP contribution is 2.21. The van der Waals surface area contributed by atoms with Crippen molar-refractivity contribution in [1.29, 1.82) is 0 Å². The molecule has 7 nitrogen and oxygen atoms in total. The molecule has 1 aromatic carbocycles. The standard InChI is InChI=1S/C21H18N4O3S/c1-15-2-6-19(13-23-15)29(27,28)18-7-3-16(4-8-18)5-9-20(26)17-12-24-21-22-10-11-25(21)14-17/h2-4,6-8,10-14H,5,9H2,1H3. The molecule has 3 aromatic heterocycles. The Balaban J connectivity index is 1.45. The Morgan fingerprint density at radius 3 is 2.45 bits per heavy atom. The van der Waals surface area contributed by atoms with Crippen LogP contribution in [0, 0.1) is 6.92 Å². The summed E-state index contributed by atoms with van der Waals surface area (Å²) in [5.41, 5.74) is 2.16. The van der Waals surface area contributed by atoms with Crippen LogP contribution in [0.4, 0.5) is 0 Å². The average molecular weight is 406 g/mol. The van der Waals surface area contributed by atoms with Gasteiger partial charge in [-0.25, -0.2) is 18.4 Å². The van der Waals surface area contributed by atoms with Gasteiger partial charge in [0.05, 0.1) is 15.4 Å². The SMILES string of the molecule is Cc1ccc(S(=O)(=O)c2ccc(CCC(=O)c3cnc4nccn4c3)cc2)cn1. The summed E-state index contributed by atoms with van der Waals surface area (Å²) < 4.78 is 27.1. The van der Waals surface area contributed by atoms with E-state index in [2.05, 4.69) is 15.0 Å². The largest absolute Gasteiger partial charge is 0.294 e. The van der Waals surface area contributed by atoms with Gasteiger partial charge in [0.15, 0.2) is 5.78 Å². The fourth-order valence-electron chi connectivity index (χ4n) is 2.95. The van der Waals surface area contributed by atoms with E-state index in [0.29, 0.717) is 24.2 Å². The van der Waals surface area contributed by atoms with Crippen molar-refractivity contribution in [2.24, 2.45) is 0 Å². The van der Waals surface area contributed by atoms with Crippen LogP contribution < -0.4 is 0 Å². The molecule has 4 aromatic rings. The first-order valence-electron chi connectivity index (χ1n) is 9.02. The molecule has 0 aliphatic heterocycles. The van der Waals surface area contributed by atoms with Crippen LogP contribution in [0.2, 0.25) is 0 Å². The van der Waals surface area contributed by atoms with Gasteiger partial charge in [-0.05, 0) is 43.2 Å². The van der Waals surface area contributed by atoms with Crippen LogP contribution in [0.25, 0.3) is 5.78 Å². The van der Waals surface area contributed by atoms with Crippen LogP contribution in [-0.4, -0.2) is 33.6 Å². The molecule has 4 rings (SSSR count). The molecule has 0 aliphatic rings. The molecule has 29 heavy (non-hydrogen) atoms. The summed E-state index contributed by atoms with van der Waals surface area (Å²) in [5, 5.41) is 0. The van der Waals surface area contributed by atoms with Crippen molar-refractivity contribution >= 4 is 21.4 Å². The molecule has 146 valence electrons. The maximum absolute atomic E-state index is 12.7. The number of imidazole rings is 1. The second-order valence-electron chi connectivity index (χ2n) is 6.68. The molecule has 0 unspecified atom stereocenters. The Morgan fingerprint density at radius 2 is 1.72 bits per heavy atom. The summed E-state index contributed by atoms with van der Waals surface area (Å²) in [6.45, 7) is 1.80. The van der Waals surface area contributed by atoms with Gasteiger partial charge in [-0.2, -0.15) is 0 Å². The lowest BCUT2D eigenvalue weighted by atomic mass is 10.0. The van der Waals surface area contributed by atoms with Gasteiger partial charge in [-0.3, -0.25) is 14.2 Å². The number of nitrogens with zero attached hydrogens (tertiary/aromatic N) is 4. The fraction of sp³-hybridized carbons (Fsp3) is 0.143. The lowest BCUT2D eigenvalue weighted by Crippen LogP contribution is -2.05. The van der Waals surface area contributed by atoms with Crippen molar-refractivity contribution in [3.8, 4) is 0 Å². The molecule has 3 heterocycles. The predicted molar refractivity (Wildman–Crippen MR) is 107 cm³/mol. The van der Waals surface area contributed by atoms with E-state index in [0.717, 1.165) is 11.3 Å². The van der Waals surface area contributed by atoms with Gasteiger partial charge in [0.25, 0.3) is 0 Å². The normalized spacial score (nSPS) is 11.6. The van der Waals surface area contributed by atoms with Gasteiger partial charge >= 0.3 is 0 Å². The van der Waals surface area contributed by atoms with Gasteiger partial charge in [-0.1, -0.05) is 12.1 Å². The van der Waals surface area contributed by atoms with E-state index >= 15 is 0 Å². The first kappa shape index (κ1) is 18.9. The number of rotatable bonds is 6. The molecule has 0 saturated carbocycles. The predicted octanol–water partition coefficient (Wildman–Crippen LogP) is 3.08. The molecule has 0 bridgehead atoms. The number of ketones is 1. The van der Waals surface area contributed by atoms with Crippen LogP contribution in [-0.2, 0) is 16.3 Å². The lowest BCUT2D eigenvalue weighted by molar-refractivity contribution is 0.0982. The first-order valence-corrected chi connectivity index (χ1v) is 10.5. The summed E-state index contributed by atoms with van der Waals surface area (Å²) in [4.78, 5) is 25.1. The van der Waals surface area contributed by atoms with Crippen LogP contribution in [0.5, 0.6) is 0 Å². The highest BCUT2D eigenvalue weighted by Gasteiger charge is 2.18. The number of hydrogen-bond acceptors (Lipinski definition) is 6. The number of fused-ring (bicyclic) bond motifs is 1. The third-order valence-corrected chi connectivity index (χ3v) is 6.39. The zero-order chi connectivity index (χ0) is 20.4. The van der Waals surface area contributed by atoms with Crippen molar-refractivity contribution in [1.82, 2.24) is 19.4 Å². The zero-order valence-corrected chi connectivity index (χ0v) is 16.5. The Morgan fingerprint density at radius 1 is 0.966 bits per heavy atom. The molecule has 0 aliphatic carbocycles. The van der Waals surface area contributed by atoms with E-state index in [9.17, 15) is 13.2 Å². The zero-order valence-electron chi connectivity index (χ0n) is 15.7. The van der Waals surface area contributed by atoms with Crippen LogP contribution >= 0.6 is 0 Å². The minimum Gasteiger partial charge on any atom is -0.294 e. The molecule has 0 spiro atoms. The number of pyridine rings is 1. The molecule has 0 amide bonds. The molecule has 0 fully saturated rings.